The monoisotopic (exact) mass is 274 g/mol. The maximum atomic E-state index is 11.8. The second-order valence-electron chi connectivity index (χ2n) is 3.81. The molecule has 2 unspecified atom stereocenters. The molecular weight excluding hydrogens is 260 g/mol. The van der Waals surface area contributed by atoms with Crippen molar-refractivity contribution < 1.29 is 9.00 Å². The van der Waals surface area contributed by atoms with Crippen LogP contribution in [0.5, 0.6) is 0 Å². The first-order valence-corrected chi connectivity index (χ1v) is 7.32. The van der Waals surface area contributed by atoms with Gasteiger partial charge in [-0.05, 0) is 25.5 Å². The summed E-state index contributed by atoms with van der Waals surface area (Å²) in [6.07, 6.45) is 3.83. The van der Waals surface area contributed by atoms with Crippen molar-refractivity contribution in [3.05, 3.63) is 29.0 Å². The second kappa shape index (κ2) is 6.71. The van der Waals surface area contributed by atoms with Crippen LogP contribution in [0.2, 0.25) is 5.15 Å². The maximum absolute atomic E-state index is 11.8. The molecule has 0 aliphatic rings. The van der Waals surface area contributed by atoms with Crippen molar-refractivity contribution in [1.29, 1.82) is 0 Å². The maximum Gasteiger partial charge on any atom is 0.251 e. The Labute approximate surface area is 108 Å². The fraction of sp³-hybridized carbons (Fsp3) is 0.455. The van der Waals surface area contributed by atoms with Crippen LogP contribution in [0, 0.1) is 0 Å². The lowest BCUT2D eigenvalue weighted by molar-refractivity contribution is 0.0939. The standard InChI is InChI=1S/C11H15ClN2O2S/c1-8(4-6-17(2)16)14-11(15)9-3-5-13-10(12)7-9/h3,5,7-8H,4,6H2,1-2H3,(H,14,15). The van der Waals surface area contributed by atoms with Gasteiger partial charge in [0.15, 0.2) is 0 Å². The molecule has 17 heavy (non-hydrogen) atoms. The van der Waals surface area contributed by atoms with Gasteiger partial charge in [0.05, 0.1) is 0 Å². The Kier molecular flexibility index (Phi) is 5.58. The molecule has 0 aliphatic carbocycles. The quantitative estimate of drug-likeness (QED) is 0.830. The Morgan fingerprint density at radius 3 is 2.94 bits per heavy atom. The number of amides is 1. The Balaban J connectivity index is 2.51. The van der Waals surface area contributed by atoms with Gasteiger partial charge in [0, 0.05) is 40.6 Å². The normalized spacial score (nSPS) is 14.1. The summed E-state index contributed by atoms with van der Waals surface area (Å²) in [5.41, 5.74) is 0.481. The smallest absolute Gasteiger partial charge is 0.251 e. The summed E-state index contributed by atoms with van der Waals surface area (Å²) in [7, 11) is -0.832. The highest BCUT2D eigenvalue weighted by molar-refractivity contribution is 7.84. The van der Waals surface area contributed by atoms with Crippen molar-refractivity contribution in [1.82, 2.24) is 10.3 Å². The topological polar surface area (TPSA) is 59.1 Å². The van der Waals surface area contributed by atoms with Crippen LogP contribution in [-0.2, 0) is 10.8 Å². The average Bonchev–Trinajstić information content (AvgIpc) is 2.26. The predicted molar refractivity (Wildman–Crippen MR) is 69.7 cm³/mol. The van der Waals surface area contributed by atoms with E-state index in [1.165, 1.54) is 12.3 Å². The van der Waals surface area contributed by atoms with Gasteiger partial charge in [-0.3, -0.25) is 9.00 Å². The minimum absolute atomic E-state index is 0.0154. The van der Waals surface area contributed by atoms with Crippen molar-refractivity contribution in [3.63, 3.8) is 0 Å². The highest BCUT2D eigenvalue weighted by Gasteiger charge is 2.10. The van der Waals surface area contributed by atoms with Crippen LogP contribution < -0.4 is 5.32 Å². The predicted octanol–water partition coefficient (Wildman–Crippen LogP) is 1.62. The number of pyridine rings is 1. The molecule has 0 aromatic carbocycles. The van der Waals surface area contributed by atoms with Gasteiger partial charge in [-0.15, -0.1) is 0 Å². The van der Waals surface area contributed by atoms with Crippen LogP contribution >= 0.6 is 11.6 Å². The van der Waals surface area contributed by atoms with Crippen molar-refractivity contribution >= 4 is 28.3 Å². The van der Waals surface area contributed by atoms with Crippen molar-refractivity contribution in [2.75, 3.05) is 12.0 Å². The Morgan fingerprint density at radius 2 is 2.35 bits per heavy atom. The molecule has 1 aromatic rings. The van der Waals surface area contributed by atoms with E-state index >= 15 is 0 Å². The number of carbonyl (C=O) groups excluding carboxylic acids is 1. The van der Waals surface area contributed by atoms with Gasteiger partial charge in [0.25, 0.3) is 5.91 Å². The summed E-state index contributed by atoms with van der Waals surface area (Å²) in [6.45, 7) is 1.88. The number of rotatable bonds is 5. The third-order valence-electron chi connectivity index (χ3n) is 2.20. The van der Waals surface area contributed by atoms with Gasteiger partial charge in [-0.2, -0.15) is 0 Å². The summed E-state index contributed by atoms with van der Waals surface area (Å²) in [4.78, 5) is 15.6. The number of nitrogens with zero attached hydrogens (tertiary/aromatic N) is 1. The molecule has 1 rings (SSSR count). The minimum Gasteiger partial charge on any atom is -0.350 e. The zero-order chi connectivity index (χ0) is 12.8. The minimum atomic E-state index is -0.832. The SMILES string of the molecule is CC(CCS(C)=O)NC(=O)c1ccnc(Cl)c1. The lowest BCUT2D eigenvalue weighted by atomic mass is 10.2. The Morgan fingerprint density at radius 1 is 1.65 bits per heavy atom. The molecule has 2 atom stereocenters. The lowest BCUT2D eigenvalue weighted by Gasteiger charge is -2.13. The highest BCUT2D eigenvalue weighted by atomic mass is 35.5. The molecule has 1 N–H and O–H groups in total. The van der Waals surface area contributed by atoms with E-state index < -0.39 is 10.8 Å². The number of hydrogen-bond donors (Lipinski definition) is 1. The van der Waals surface area contributed by atoms with E-state index in [2.05, 4.69) is 10.3 Å². The zero-order valence-electron chi connectivity index (χ0n) is 9.77. The van der Waals surface area contributed by atoms with Crippen molar-refractivity contribution in [3.8, 4) is 0 Å². The highest BCUT2D eigenvalue weighted by Crippen LogP contribution is 2.07. The van der Waals surface area contributed by atoms with Crippen molar-refractivity contribution in [2.24, 2.45) is 0 Å². The first kappa shape index (κ1) is 14.1. The summed E-state index contributed by atoms with van der Waals surface area (Å²) < 4.78 is 10.9. The molecule has 1 heterocycles. The fourth-order valence-corrected chi connectivity index (χ4v) is 2.13. The van der Waals surface area contributed by atoms with E-state index in [9.17, 15) is 9.00 Å². The summed E-state index contributed by atoms with van der Waals surface area (Å²) in [5.74, 6) is 0.391. The molecular formula is C11H15ClN2O2S. The first-order chi connectivity index (χ1) is 7.99. The number of hydrogen-bond acceptors (Lipinski definition) is 3. The Bertz CT molecular complexity index is 426. The molecule has 0 saturated heterocycles. The molecule has 0 radical (unpaired) electrons. The first-order valence-electron chi connectivity index (χ1n) is 5.21. The van der Waals surface area contributed by atoms with E-state index in [1.807, 2.05) is 6.92 Å². The third kappa shape index (κ3) is 5.28. The molecule has 1 amide bonds. The number of carbonyl (C=O) groups is 1. The molecule has 0 spiro atoms. The average molecular weight is 275 g/mol. The van der Waals surface area contributed by atoms with Crippen LogP contribution in [0.1, 0.15) is 23.7 Å². The van der Waals surface area contributed by atoms with Crippen LogP contribution in [0.15, 0.2) is 18.3 Å². The van der Waals surface area contributed by atoms with Crippen LogP contribution in [0.4, 0.5) is 0 Å². The van der Waals surface area contributed by atoms with Crippen LogP contribution in [-0.4, -0.2) is 33.2 Å². The molecule has 0 aliphatic heterocycles. The molecule has 0 saturated carbocycles. The van der Waals surface area contributed by atoms with Crippen LogP contribution in [0.25, 0.3) is 0 Å². The van der Waals surface area contributed by atoms with Gasteiger partial charge in [-0.1, -0.05) is 11.6 Å². The molecule has 94 valence electrons. The van der Waals surface area contributed by atoms with Gasteiger partial charge in [-0.25, -0.2) is 4.98 Å². The largest absolute Gasteiger partial charge is 0.350 e. The number of nitrogens with one attached hydrogen (secondary N) is 1. The summed E-state index contributed by atoms with van der Waals surface area (Å²) in [5, 5.41) is 3.11. The van der Waals surface area contributed by atoms with E-state index in [-0.39, 0.29) is 11.9 Å². The summed E-state index contributed by atoms with van der Waals surface area (Å²) in [6, 6.07) is 3.10. The van der Waals surface area contributed by atoms with E-state index in [4.69, 9.17) is 11.6 Å². The van der Waals surface area contributed by atoms with E-state index in [1.54, 1.807) is 12.3 Å². The van der Waals surface area contributed by atoms with Crippen molar-refractivity contribution in [2.45, 2.75) is 19.4 Å². The molecule has 1 aromatic heterocycles. The fourth-order valence-electron chi connectivity index (χ4n) is 1.27. The Hall–Kier alpha value is -0.940. The number of aromatic nitrogens is 1. The van der Waals surface area contributed by atoms with E-state index in [0.717, 1.165) is 0 Å². The van der Waals surface area contributed by atoms with Gasteiger partial charge < -0.3 is 5.32 Å². The van der Waals surface area contributed by atoms with Crippen LogP contribution in [0.3, 0.4) is 0 Å². The lowest BCUT2D eigenvalue weighted by Crippen LogP contribution is -2.33. The second-order valence-corrected chi connectivity index (χ2v) is 5.75. The molecule has 0 fully saturated rings. The van der Waals surface area contributed by atoms with Gasteiger partial charge in [0.1, 0.15) is 5.15 Å². The molecule has 0 bridgehead atoms. The number of halogens is 1. The van der Waals surface area contributed by atoms with E-state index in [0.29, 0.717) is 22.9 Å². The van der Waals surface area contributed by atoms with Gasteiger partial charge in [0.2, 0.25) is 0 Å². The molecule has 4 nitrogen and oxygen atoms in total. The molecule has 6 heteroatoms. The third-order valence-corrected chi connectivity index (χ3v) is 3.22. The summed E-state index contributed by atoms with van der Waals surface area (Å²) >= 11 is 5.70. The van der Waals surface area contributed by atoms with Gasteiger partial charge >= 0.3 is 0 Å². The zero-order valence-corrected chi connectivity index (χ0v) is 11.3.